The Labute approximate surface area is 204 Å². The van der Waals surface area contributed by atoms with Gasteiger partial charge in [0.25, 0.3) is 0 Å². The number of halogens is 1. The summed E-state index contributed by atoms with van der Waals surface area (Å²) >= 11 is 0. The third-order valence-corrected chi connectivity index (χ3v) is 7.57. The van der Waals surface area contributed by atoms with Crippen LogP contribution in [0.5, 0.6) is 11.5 Å². The van der Waals surface area contributed by atoms with Crippen LogP contribution in [0.4, 0.5) is 4.39 Å². The van der Waals surface area contributed by atoms with E-state index >= 15 is 0 Å². The predicted octanol–water partition coefficient (Wildman–Crippen LogP) is 4.30. The van der Waals surface area contributed by atoms with Gasteiger partial charge in [0, 0.05) is 30.7 Å². The maximum absolute atomic E-state index is 14.4. The molecular formula is C25H31FN2O6S. The van der Waals surface area contributed by atoms with E-state index in [1.54, 1.807) is 25.3 Å². The monoisotopic (exact) mass is 506 g/mol. The van der Waals surface area contributed by atoms with Crippen molar-refractivity contribution in [1.29, 1.82) is 0 Å². The molecule has 0 amide bonds. The minimum absolute atomic E-state index is 0.0133. The zero-order valence-electron chi connectivity index (χ0n) is 20.3. The van der Waals surface area contributed by atoms with Gasteiger partial charge in [-0.3, -0.25) is 4.79 Å². The minimum Gasteiger partial charge on any atom is -0.494 e. The number of methoxy groups -OCH3 is 1. The lowest BCUT2D eigenvalue weighted by Gasteiger charge is -2.21. The van der Waals surface area contributed by atoms with E-state index in [0.29, 0.717) is 36.0 Å². The van der Waals surface area contributed by atoms with Crippen LogP contribution in [-0.4, -0.2) is 54.7 Å². The Balaban J connectivity index is 1.78. The molecule has 0 saturated heterocycles. The lowest BCUT2D eigenvalue weighted by atomic mass is 10.1. The van der Waals surface area contributed by atoms with Crippen molar-refractivity contribution in [1.82, 2.24) is 8.87 Å². The van der Waals surface area contributed by atoms with Gasteiger partial charge in [0.1, 0.15) is 12.3 Å². The molecular weight excluding hydrogens is 475 g/mol. The molecule has 35 heavy (non-hydrogen) atoms. The number of hydrogen-bond donors (Lipinski definition) is 1. The Kier molecular flexibility index (Phi) is 8.39. The number of sulfonamides is 1. The van der Waals surface area contributed by atoms with Crippen molar-refractivity contribution in [2.45, 2.75) is 51.2 Å². The smallest absolute Gasteiger partial charge is 0.323 e. The number of carboxylic acids is 1. The Hall–Kier alpha value is -3.11. The molecule has 10 heteroatoms. The van der Waals surface area contributed by atoms with E-state index < -0.39 is 21.8 Å². The van der Waals surface area contributed by atoms with Crippen LogP contribution in [0.15, 0.2) is 47.5 Å². The van der Waals surface area contributed by atoms with Crippen molar-refractivity contribution in [3.63, 3.8) is 0 Å². The first-order chi connectivity index (χ1) is 16.6. The normalized spacial score (nSPS) is 12.0. The van der Waals surface area contributed by atoms with Gasteiger partial charge in [-0.2, -0.15) is 4.31 Å². The summed E-state index contributed by atoms with van der Waals surface area (Å²) in [6.07, 6.45) is 2.58. The van der Waals surface area contributed by atoms with Crippen molar-refractivity contribution in [3.8, 4) is 11.5 Å². The highest BCUT2D eigenvalue weighted by atomic mass is 32.2. The Morgan fingerprint density at radius 1 is 1.20 bits per heavy atom. The third kappa shape index (κ3) is 6.12. The number of aliphatic carboxylic acids is 1. The zero-order chi connectivity index (χ0) is 25.8. The average Bonchev–Trinajstić information content (AvgIpc) is 3.11. The fraction of sp³-hybridized carbons (Fsp3) is 0.400. The molecule has 0 bridgehead atoms. The van der Waals surface area contributed by atoms with Crippen LogP contribution in [0.25, 0.3) is 10.9 Å². The number of rotatable bonds is 12. The van der Waals surface area contributed by atoms with E-state index in [0.717, 1.165) is 5.56 Å². The standard InChI is InChI=1S/C25H31FN2O6S/c1-5-28(35(31,32)20-10-8-19(9-11-20)34-17(2)3)12-6-7-18-15-27(16-25(29)30)23-14-24(33-4)22(26)13-21(18)23/h8-11,13-15,17H,5-7,12,16H2,1-4H3,(H,29,30). The van der Waals surface area contributed by atoms with Crippen LogP contribution in [0.1, 0.15) is 32.8 Å². The van der Waals surface area contributed by atoms with Gasteiger partial charge in [-0.05, 0) is 62.6 Å². The van der Waals surface area contributed by atoms with Gasteiger partial charge in [0.2, 0.25) is 10.0 Å². The molecule has 0 aliphatic carbocycles. The number of carboxylic acid groups (broad SMARTS) is 1. The quantitative estimate of drug-likeness (QED) is 0.393. The molecule has 1 aromatic heterocycles. The molecule has 1 N–H and O–H groups in total. The maximum atomic E-state index is 14.4. The van der Waals surface area contributed by atoms with Crippen LogP contribution < -0.4 is 9.47 Å². The fourth-order valence-electron chi connectivity index (χ4n) is 4.00. The maximum Gasteiger partial charge on any atom is 0.323 e. The second-order valence-electron chi connectivity index (χ2n) is 8.42. The number of aromatic nitrogens is 1. The molecule has 0 atom stereocenters. The number of benzene rings is 2. The molecule has 190 valence electrons. The van der Waals surface area contributed by atoms with E-state index in [9.17, 15) is 22.7 Å². The molecule has 1 heterocycles. The summed E-state index contributed by atoms with van der Waals surface area (Å²) < 4.78 is 54.2. The van der Waals surface area contributed by atoms with Crippen molar-refractivity contribution >= 4 is 26.9 Å². The molecule has 0 aliphatic heterocycles. The summed E-state index contributed by atoms with van der Waals surface area (Å²) in [7, 11) is -2.35. The topological polar surface area (TPSA) is 98.1 Å². The van der Waals surface area contributed by atoms with Crippen LogP contribution in [0.2, 0.25) is 0 Å². The average molecular weight is 507 g/mol. The van der Waals surface area contributed by atoms with Crippen LogP contribution >= 0.6 is 0 Å². The molecule has 3 rings (SSSR count). The molecule has 0 saturated carbocycles. The summed E-state index contributed by atoms with van der Waals surface area (Å²) in [4.78, 5) is 11.5. The molecule has 3 aromatic rings. The van der Waals surface area contributed by atoms with Gasteiger partial charge < -0.3 is 19.1 Å². The second-order valence-corrected chi connectivity index (χ2v) is 10.4. The van der Waals surface area contributed by atoms with Crippen molar-refractivity contribution < 1.29 is 32.2 Å². The lowest BCUT2D eigenvalue weighted by molar-refractivity contribution is -0.137. The summed E-state index contributed by atoms with van der Waals surface area (Å²) in [6.45, 7) is 5.83. The number of fused-ring (bicyclic) bond motifs is 1. The van der Waals surface area contributed by atoms with E-state index in [1.807, 2.05) is 13.8 Å². The third-order valence-electron chi connectivity index (χ3n) is 5.58. The van der Waals surface area contributed by atoms with E-state index in [-0.39, 0.29) is 29.8 Å². The largest absolute Gasteiger partial charge is 0.494 e. The zero-order valence-corrected chi connectivity index (χ0v) is 21.1. The molecule has 2 aromatic carbocycles. The van der Waals surface area contributed by atoms with Gasteiger partial charge in [0.15, 0.2) is 11.6 Å². The summed E-state index contributed by atoms with van der Waals surface area (Å²) in [5, 5.41) is 9.83. The van der Waals surface area contributed by atoms with E-state index in [2.05, 4.69) is 0 Å². The highest BCUT2D eigenvalue weighted by molar-refractivity contribution is 7.89. The highest BCUT2D eigenvalue weighted by Crippen LogP contribution is 2.30. The molecule has 0 radical (unpaired) electrons. The highest BCUT2D eigenvalue weighted by Gasteiger charge is 2.23. The SMILES string of the molecule is CCN(CCCc1cn(CC(=O)O)c2cc(OC)c(F)cc12)S(=O)(=O)c1ccc(OC(C)C)cc1. The van der Waals surface area contributed by atoms with E-state index in [1.165, 1.54) is 40.2 Å². The minimum atomic E-state index is -3.70. The van der Waals surface area contributed by atoms with Gasteiger partial charge in [-0.1, -0.05) is 6.92 Å². The first-order valence-corrected chi connectivity index (χ1v) is 12.8. The Bertz CT molecular complexity index is 1290. The van der Waals surface area contributed by atoms with Crippen LogP contribution in [0, 0.1) is 5.82 Å². The lowest BCUT2D eigenvalue weighted by Crippen LogP contribution is -2.32. The van der Waals surface area contributed by atoms with E-state index in [4.69, 9.17) is 9.47 Å². The van der Waals surface area contributed by atoms with Crippen LogP contribution in [-0.2, 0) is 27.8 Å². The van der Waals surface area contributed by atoms with Gasteiger partial charge in [0.05, 0.1) is 23.6 Å². The Morgan fingerprint density at radius 2 is 1.89 bits per heavy atom. The molecule has 0 aliphatic rings. The second kappa shape index (κ2) is 11.1. The first kappa shape index (κ1) is 26.5. The van der Waals surface area contributed by atoms with Crippen molar-refractivity contribution in [3.05, 3.63) is 54.0 Å². The number of ether oxygens (including phenoxy) is 2. The first-order valence-electron chi connectivity index (χ1n) is 11.4. The molecule has 0 fully saturated rings. The van der Waals surface area contributed by atoms with Crippen molar-refractivity contribution in [2.24, 2.45) is 0 Å². The number of hydrogen-bond acceptors (Lipinski definition) is 5. The number of nitrogens with zero attached hydrogens (tertiary/aromatic N) is 2. The molecule has 8 nitrogen and oxygen atoms in total. The number of carbonyl (C=O) groups is 1. The van der Waals surface area contributed by atoms with Crippen LogP contribution in [0.3, 0.4) is 0 Å². The van der Waals surface area contributed by atoms with Gasteiger partial charge >= 0.3 is 5.97 Å². The predicted molar refractivity (Wildman–Crippen MR) is 131 cm³/mol. The summed E-state index contributed by atoms with van der Waals surface area (Å²) in [5.41, 5.74) is 1.29. The fourth-order valence-corrected chi connectivity index (χ4v) is 5.49. The number of aryl methyl sites for hydroxylation is 1. The summed E-state index contributed by atoms with van der Waals surface area (Å²) in [6, 6.07) is 9.15. The van der Waals surface area contributed by atoms with Gasteiger partial charge in [-0.25, -0.2) is 12.8 Å². The Morgan fingerprint density at radius 3 is 2.46 bits per heavy atom. The van der Waals surface area contributed by atoms with Gasteiger partial charge in [-0.15, -0.1) is 0 Å². The molecule has 0 spiro atoms. The molecule has 0 unspecified atom stereocenters. The summed E-state index contributed by atoms with van der Waals surface area (Å²) in [5.74, 6) is -0.938. The van der Waals surface area contributed by atoms with Crippen molar-refractivity contribution in [2.75, 3.05) is 20.2 Å².